The maximum Gasteiger partial charge on any atom is 0.284 e. The van der Waals surface area contributed by atoms with Crippen LogP contribution in [0.25, 0.3) is 16.7 Å². The summed E-state index contributed by atoms with van der Waals surface area (Å²) in [5.41, 5.74) is 2.07. The Bertz CT molecular complexity index is 1500. The molecule has 5 rings (SSSR count). The SMILES string of the molecule is COc1cccc(F)c1-n1nccc(C(=O)Nc2ccc3c(nc(C)n3C)c2N2CCCC2)c1=O. The van der Waals surface area contributed by atoms with Gasteiger partial charge in [-0.25, -0.2) is 9.37 Å². The molecular weight excluding hydrogens is 451 g/mol. The van der Waals surface area contributed by atoms with Crippen molar-refractivity contribution in [3.63, 3.8) is 0 Å². The highest BCUT2D eigenvalue weighted by Crippen LogP contribution is 2.36. The van der Waals surface area contributed by atoms with Gasteiger partial charge in [-0.2, -0.15) is 9.78 Å². The van der Waals surface area contributed by atoms with Crippen LogP contribution in [0.15, 0.2) is 47.4 Å². The number of halogens is 1. The lowest BCUT2D eigenvalue weighted by Gasteiger charge is -2.22. The Morgan fingerprint density at radius 2 is 1.89 bits per heavy atom. The summed E-state index contributed by atoms with van der Waals surface area (Å²) in [5.74, 6) is -0.318. The first-order chi connectivity index (χ1) is 16.9. The highest BCUT2D eigenvalue weighted by atomic mass is 19.1. The van der Waals surface area contributed by atoms with Crippen LogP contribution in [0.2, 0.25) is 0 Å². The first-order valence-electron chi connectivity index (χ1n) is 11.3. The van der Waals surface area contributed by atoms with Gasteiger partial charge in [0.2, 0.25) is 0 Å². The van der Waals surface area contributed by atoms with E-state index < -0.39 is 17.3 Å². The fourth-order valence-electron chi connectivity index (χ4n) is 4.52. The number of amides is 1. The average Bonchev–Trinajstić information content (AvgIpc) is 3.47. The van der Waals surface area contributed by atoms with E-state index in [-0.39, 0.29) is 17.0 Å². The topological polar surface area (TPSA) is 94.3 Å². The van der Waals surface area contributed by atoms with Gasteiger partial charge in [0.1, 0.15) is 28.3 Å². The van der Waals surface area contributed by atoms with Crippen LogP contribution in [0.4, 0.5) is 15.8 Å². The second-order valence-corrected chi connectivity index (χ2v) is 8.45. The van der Waals surface area contributed by atoms with Crippen molar-refractivity contribution in [1.29, 1.82) is 0 Å². The van der Waals surface area contributed by atoms with Crippen molar-refractivity contribution in [2.24, 2.45) is 7.05 Å². The molecule has 0 aliphatic carbocycles. The largest absolute Gasteiger partial charge is 0.494 e. The fraction of sp³-hybridized carbons (Fsp3) is 0.280. The lowest BCUT2D eigenvalue weighted by molar-refractivity contribution is 0.102. The predicted molar refractivity (Wildman–Crippen MR) is 131 cm³/mol. The van der Waals surface area contributed by atoms with Crippen molar-refractivity contribution in [2.75, 3.05) is 30.4 Å². The summed E-state index contributed by atoms with van der Waals surface area (Å²) >= 11 is 0. The molecule has 9 nitrogen and oxygen atoms in total. The van der Waals surface area contributed by atoms with Gasteiger partial charge in [0.25, 0.3) is 11.5 Å². The molecule has 1 amide bonds. The molecule has 1 aliphatic heterocycles. The Morgan fingerprint density at radius 1 is 1.11 bits per heavy atom. The first-order valence-corrected chi connectivity index (χ1v) is 11.3. The number of benzene rings is 2. The van der Waals surface area contributed by atoms with Crippen molar-refractivity contribution in [2.45, 2.75) is 19.8 Å². The van der Waals surface area contributed by atoms with Crippen LogP contribution in [-0.4, -0.2) is 45.4 Å². The third-order valence-electron chi connectivity index (χ3n) is 6.39. The molecule has 1 saturated heterocycles. The zero-order valence-electron chi connectivity index (χ0n) is 19.7. The maximum atomic E-state index is 14.6. The van der Waals surface area contributed by atoms with Crippen LogP contribution in [0.3, 0.4) is 0 Å². The van der Waals surface area contributed by atoms with E-state index >= 15 is 0 Å². The van der Waals surface area contributed by atoms with Crippen molar-refractivity contribution >= 4 is 28.3 Å². The third-order valence-corrected chi connectivity index (χ3v) is 6.39. The normalized spacial score (nSPS) is 13.4. The molecule has 0 radical (unpaired) electrons. The van der Waals surface area contributed by atoms with E-state index in [1.54, 1.807) is 0 Å². The number of imidazole rings is 1. The van der Waals surface area contributed by atoms with Crippen LogP contribution in [0.1, 0.15) is 29.0 Å². The van der Waals surface area contributed by atoms with Crippen molar-refractivity contribution in [3.05, 3.63) is 70.2 Å². The molecule has 1 aliphatic rings. The molecule has 1 N–H and O–H groups in total. The van der Waals surface area contributed by atoms with E-state index in [0.29, 0.717) is 5.69 Å². The second-order valence-electron chi connectivity index (χ2n) is 8.45. The molecule has 0 atom stereocenters. The standard InChI is InChI=1S/C25H25FN6O3/c1-15-28-21-19(30(15)2)10-9-18(23(21)31-13-4-5-14-31)29-24(33)16-11-12-27-32(25(16)34)22-17(26)7-6-8-20(22)35-3/h6-12H,4-5,13-14H2,1-3H3,(H,29,33). The predicted octanol–water partition coefficient (Wildman–Crippen LogP) is 3.43. The van der Waals surface area contributed by atoms with Crippen LogP contribution < -0.4 is 20.5 Å². The Labute approximate surface area is 200 Å². The Hall–Kier alpha value is -4.21. The Balaban J connectivity index is 1.58. The molecule has 35 heavy (non-hydrogen) atoms. The number of hydrogen-bond donors (Lipinski definition) is 1. The molecule has 10 heteroatoms. The summed E-state index contributed by atoms with van der Waals surface area (Å²) in [4.78, 5) is 33.5. The van der Waals surface area contributed by atoms with E-state index in [1.165, 1.54) is 37.6 Å². The van der Waals surface area contributed by atoms with Crippen LogP contribution in [0.5, 0.6) is 5.75 Å². The number of ether oxygens (including phenoxy) is 1. The number of nitrogens with one attached hydrogen (secondary N) is 1. The number of hydrogen-bond acceptors (Lipinski definition) is 6. The number of rotatable bonds is 5. The number of aromatic nitrogens is 4. The molecule has 0 spiro atoms. The minimum atomic E-state index is -0.758. The highest BCUT2D eigenvalue weighted by molar-refractivity contribution is 6.09. The van der Waals surface area contributed by atoms with Gasteiger partial charge in [-0.3, -0.25) is 9.59 Å². The zero-order valence-corrected chi connectivity index (χ0v) is 19.7. The van der Waals surface area contributed by atoms with Gasteiger partial charge in [-0.15, -0.1) is 0 Å². The molecule has 180 valence electrons. The highest BCUT2D eigenvalue weighted by Gasteiger charge is 2.24. The third kappa shape index (κ3) is 3.80. The molecule has 1 fully saturated rings. The summed E-state index contributed by atoms with van der Waals surface area (Å²) in [7, 11) is 3.32. The van der Waals surface area contributed by atoms with Crippen molar-refractivity contribution in [1.82, 2.24) is 19.3 Å². The zero-order chi connectivity index (χ0) is 24.7. The minimum Gasteiger partial charge on any atom is -0.494 e. The molecule has 4 aromatic rings. The van der Waals surface area contributed by atoms with E-state index in [2.05, 4.69) is 15.3 Å². The molecule has 2 aromatic carbocycles. The number of aryl methyl sites for hydroxylation is 2. The number of para-hydroxylation sites is 1. The fourth-order valence-corrected chi connectivity index (χ4v) is 4.52. The summed E-state index contributed by atoms with van der Waals surface area (Å²) in [6.07, 6.45) is 3.39. The van der Waals surface area contributed by atoms with E-state index in [1.807, 2.05) is 30.7 Å². The quantitative estimate of drug-likeness (QED) is 0.474. The maximum absolute atomic E-state index is 14.6. The molecule has 0 saturated carbocycles. The Morgan fingerprint density at radius 3 is 2.63 bits per heavy atom. The van der Waals surface area contributed by atoms with Gasteiger partial charge < -0.3 is 19.5 Å². The number of methoxy groups -OCH3 is 1. The summed E-state index contributed by atoms with van der Waals surface area (Å²) in [6.45, 7) is 3.64. The average molecular weight is 477 g/mol. The Kier molecular flexibility index (Phi) is 5.72. The van der Waals surface area contributed by atoms with Crippen LogP contribution in [-0.2, 0) is 7.05 Å². The van der Waals surface area contributed by atoms with Crippen molar-refractivity contribution in [3.8, 4) is 11.4 Å². The number of carbonyl (C=O) groups is 1. The summed E-state index contributed by atoms with van der Waals surface area (Å²) in [5, 5.41) is 6.88. The molecular formula is C25H25FN6O3. The van der Waals surface area contributed by atoms with Gasteiger partial charge >= 0.3 is 0 Å². The number of nitrogens with zero attached hydrogens (tertiary/aromatic N) is 5. The number of carbonyl (C=O) groups excluding carboxylic acids is 1. The van der Waals surface area contributed by atoms with E-state index in [4.69, 9.17) is 9.72 Å². The van der Waals surface area contributed by atoms with Gasteiger partial charge in [-0.1, -0.05) is 6.07 Å². The second kappa shape index (κ2) is 8.86. The summed E-state index contributed by atoms with van der Waals surface area (Å²) in [6, 6.07) is 9.24. The minimum absolute atomic E-state index is 0.129. The van der Waals surface area contributed by atoms with Gasteiger partial charge in [0.15, 0.2) is 5.82 Å². The summed E-state index contributed by atoms with van der Waals surface area (Å²) < 4.78 is 22.6. The molecule has 0 unspecified atom stereocenters. The molecule has 0 bridgehead atoms. The lowest BCUT2D eigenvalue weighted by atomic mass is 10.2. The number of fused-ring (bicyclic) bond motifs is 1. The van der Waals surface area contributed by atoms with E-state index in [0.717, 1.165) is 53.2 Å². The van der Waals surface area contributed by atoms with Gasteiger partial charge in [-0.05, 0) is 50.1 Å². The molecule has 3 heterocycles. The smallest absolute Gasteiger partial charge is 0.284 e. The number of anilines is 2. The molecule has 2 aromatic heterocycles. The van der Waals surface area contributed by atoms with Gasteiger partial charge in [0, 0.05) is 26.3 Å². The van der Waals surface area contributed by atoms with Crippen LogP contribution in [0, 0.1) is 12.7 Å². The van der Waals surface area contributed by atoms with Crippen LogP contribution >= 0.6 is 0 Å². The van der Waals surface area contributed by atoms with E-state index in [9.17, 15) is 14.0 Å². The monoisotopic (exact) mass is 476 g/mol. The van der Waals surface area contributed by atoms with Crippen molar-refractivity contribution < 1.29 is 13.9 Å². The lowest BCUT2D eigenvalue weighted by Crippen LogP contribution is -2.31. The van der Waals surface area contributed by atoms with Gasteiger partial charge in [0.05, 0.1) is 24.0 Å². The first kappa shape index (κ1) is 22.6.